The first-order valence-electron chi connectivity index (χ1n) is 4.95. The van der Waals surface area contributed by atoms with Crippen LogP contribution in [0.4, 0.5) is 0 Å². The minimum atomic E-state index is 0.278. The molecule has 0 aliphatic rings. The first kappa shape index (κ1) is 9.86. The fourth-order valence-corrected chi connectivity index (χ4v) is 1.39. The quantitative estimate of drug-likeness (QED) is 0.825. The lowest BCUT2D eigenvalue weighted by Gasteiger charge is -1.97. The van der Waals surface area contributed by atoms with Crippen molar-refractivity contribution < 1.29 is 4.52 Å². The van der Waals surface area contributed by atoms with Crippen molar-refractivity contribution in [2.24, 2.45) is 5.73 Å². The smallest absolute Gasteiger partial charge is 0.240 e. The van der Waals surface area contributed by atoms with Crippen LogP contribution in [0.2, 0.25) is 0 Å². The van der Waals surface area contributed by atoms with Crippen LogP contribution in [0.5, 0.6) is 0 Å². The Hall–Kier alpha value is -1.68. The Labute approximate surface area is 88.1 Å². The summed E-state index contributed by atoms with van der Waals surface area (Å²) in [6, 6.07) is 8.09. The van der Waals surface area contributed by atoms with E-state index in [0.717, 1.165) is 12.0 Å². The molecular weight excluding hydrogens is 190 g/mol. The van der Waals surface area contributed by atoms with E-state index in [1.807, 2.05) is 12.1 Å². The number of aryl methyl sites for hydroxylation is 1. The largest absolute Gasteiger partial charge is 0.338 e. The first-order valence-corrected chi connectivity index (χ1v) is 4.95. The molecule has 2 N–H and O–H groups in total. The van der Waals surface area contributed by atoms with Gasteiger partial charge in [-0.15, -0.1) is 0 Å². The summed E-state index contributed by atoms with van der Waals surface area (Å²) in [4.78, 5) is 4.17. The molecule has 15 heavy (non-hydrogen) atoms. The Balaban J connectivity index is 2.35. The average molecular weight is 203 g/mol. The van der Waals surface area contributed by atoms with E-state index in [1.165, 1.54) is 5.56 Å². The van der Waals surface area contributed by atoms with E-state index < -0.39 is 0 Å². The van der Waals surface area contributed by atoms with Crippen molar-refractivity contribution in [1.29, 1.82) is 0 Å². The molecule has 0 saturated heterocycles. The van der Waals surface area contributed by atoms with Crippen molar-refractivity contribution >= 4 is 0 Å². The van der Waals surface area contributed by atoms with E-state index in [0.29, 0.717) is 11.7 Å². The molecule has 0 aliphatic heterocycles. The molecule has 0 bridgehead atoms. The van der Waals surface area contributed by atoms with E-state index in [9.17, 15) is 0 Å². The number of aromatic nitrogens is 2. The summed E-state index contributed by atoms with van der Waals surface area (Å²) in [6.07, 6.45) is 0.995. The van der Waals surface area contributed by atoms with Gasteiger partial charge in [0.05, 0.1) is 6.54 Å². The minimum absolute atomic E-state index is 0.278. The van der Waals surface area contributed by atoms with Gasteiger partial charge in [0.2, 0.25) is 11.7 Å². The topological polar surface area (TPSA) is 64.9 Å². The van der Waals surface area contributed by atoms with Crippen molar-refractivity contribution in [2.75, 3.05) is 0 Å². The number of hydrogen-bond acceptors (Lipinski definition) is 4. The van der Waals surface area contributed by atoms with Gasteiger partial charge in [0.1, 0.15) is 0 Å². The molecule has 2 rings (SSSR count). The van der Waals surface area contributed by atoms with E-state index >= 15 is 0 Å². The third-order valence-corrected chi connectivity index (χ3v) is 2.24. The predicted molar refractivity (Wildman–Crippen MR) is 57.0 cm³/mol. The van der Waals surface area contributed by atoms with Crippen molar-refractivity contribution in [3.8, 4) is 11.4 Å². The Morgan fingerprint density at radius 3 is 2.93 bits per heavy atom. The molecule has 0 fully saturated rings. The van der Waals surface area contributed by atoms with Gasteiger partial charge in [0, 0.05) is 5.56 Å². The van der Waals surface area contributed by atoms with Gasteiger partial charge in [-0.1, -0.05) is 30.3 Å². The van der Waals surface area contributed by atoms with Crippen LogP contribution in [0, 0.1) is 0 Å². The van der Waals surface area contributed by atoms with Crippen molar-refractivity contribution in [3.63, 3.8) is 0 Å². The van der Waals surface area contributed by atoms with E-state index in [4.69, 9.17) is 10.3 Å². The van der Waals surface area contributed by atoms with E-state index in [-0.39, 0.29) is 6.54 Å². The summed E-state index contributed by atoms with van der Waals surface area (Å²) in [7, 11) is 0. The molecule has 2 aromatic rings. The fourth-order valence-electron chi connectivity index (χ4n) is 1.39. The average Bonchev–Trinajstić information content (AvgIpc) is 2.78. The summed E-state index contributed by atoms with van der Waals surface area (Å²) in [6.45, 7) is 2.39. The molecule has 4 heteroatoms. The molecule has 78 valence electrons. The first-order chi connectivity index (χ1) is 7.33. The van der Waals surface area contributed by atoms with Crippen LogP contribution < -0.4 is 5.73 Å². The fraction of sp³-hybridized carbons (Fsp3) is 0.273. The normalized spacial score (nSPS) is 10.5. The molecule has 0 amide bonds. The Morgan fingerprint density at radius 1 is 1.40 bits per heavy atom. The van der Waals surface area contributed by atoms with Gasteiger partial charge in [-0.05, 0) is 18.1 Å². The third-order valence-electron chi connectivity index (χ3n) is 2.24. The van der Waals surface area contributed by atoms with Crippen molar-refractivity contribution in [3.05, 3.63) is 35.7 Å². The lowest BCUT2D eigenvalue weighted by Crippen LogP contribution is -1.95. The molecule has 0 spiro atoms. The van der Waals surface area contributed by atoms with Crippen molar-refractivity contribution in [1.82, 2.24) is 10.1 Å². The van der Waals surface area contributed by atoms with Crippen molar-refractivity contribution in [2.45, 2.75) is 19.9 Å². The predicted octanol–water partition coefficient (Wildman–Crippen LogP) is 1.76. The van der Waals surface area contributed by atoms with Gasteiger partial charge in [0.25, 0.3) is 0 Å². The molecule has 0 radical (unpaired) electrons. The maximum Gasteiger partial charge on any atom is 0.240 e. The Morgan fingerprint density at radius 2 is 2.27 bits per heavy atom. The summed E-state index contributed by atoms with van der Waals surface area (Å²) >= 11 is 0. The minimum Gasteiger partial charge on any atom is -0.338 e. The third kappa shape index (κ3) is 2.05. The SMILES string of the molecule is CCc1cccc(-c2noc(CN)n2)c1. The lowest BCUT2D eigenvalue weighted by molar-refractivity contribution is 0.380. The number of benzene rings is 1. The van der Waals surface area contributed by atoms with Gasteiger partial charge in [-0.3, -0.25) is 0 Å². The molecule has 0 atom stereocenters. The highest BCUT2D eigenvalue weighted by Crippen LogP contribution is 2.17. The van der Waals surface area contributed by atoms with Crippen LogP contribution in [-0.2, 0) is 13.0 Å². The molecule has 0 aliphatic carbocycles. The number of nitrogens with two attached hydrogens (primary N) is 1. The van der Waals surface area contributed by atoms with E-state index in [2.05, 4.69) is 29.2 Å². The number of rotatable bonds is 3. The number of hydrogen-bond donors (Lipinski definition) is 1. The van der Waals surface area contributed by atoms with Crippen LogP contribution in [-0.4, -0.2) is 10.1 Å². The maximum atomic E-state index is 5.40. The van der Waals surface area contributed by atoms with Crippen LogP contribution in [0.25, 0.3) is 11.4 Å². The van der Waals surface area contributed by atoms with Crippen LogP contribution in [0.3, 0.4) is 0 Å². The zero-order chi connectivity index (χ0) is 10.7. The second-order valence-electron chi connectivity index (χ2n) is 3.27. The maximum absolute atomic E-state index is 5.40. The Kier molecular flexibility index (Phi) is 2.78. The Bertz CT molecular complexity index is 451. The second-order valence-corrected chi connectivity index (χ2v) is 3.27. The molecule has 4 nitrogen and oxygen atoms in total. The summed E-state index contributed by atoms with van der Waals surface area (Å²) in [5, 5.41) is 3.87. The van der Waals surface area contributed by atoms with Gasteiger partial charge in [-0.2, -0.15) is 4.98 Å². The van der Waals surface area contributed by atoms with Gasteiger partial charge in [-0.25, -0.2) is 0 Å². The van der Waals surface area contributed by atoms with Crippen LogP contribution in [0.1, 0.15) is 18.4 Å². The molecule has 1 aromatic heterocycles. The molecular formula is C11H13N3O. The molecule has 1 aromatic carbocycles. The highest BCUT2D eigenvalue weighted by molar-refractivity contribution is 5.55. The van der Waals surface area contributed by atoms with Gasteiger partial charge >= 0.3 is 0 Å². The number of nitrogens with zero attached hydrogens (tertiary/aromatic N) is 2. The van der Waals surface area contributed by atoms with Crippen LogP contribution >= 0.6 is 0 Å². The zero-order valence-electron chi connectivity index (χ0n) is 8.60. The zero-order valence-corrected chi connectivity index (χ0v) is 8.60. The lowest BCUT2D eigenvalue weighted by atomic mass is 10.1. The highest BCUT2D eigenvalue weighted by Gasteiger charge is 2.06. The van der Waals surface area contributed by atoms with E-state index in [1.54, 1.807) is 0 Å². The summed E-state index contributed by atoms with van der Waals surface area (Å²) in [5.74, 6) is 1.07. The monoisotopic (exact) mass is 203 g/mol. The van der Waals surface area contributed by atoms with Gasteiger partial charge < -0.3 is 10.3 Å². The highest BCUT2D eigenvalue weighted by atomic mass is 16.5. The molecule has 1 heterocycles. The molecule has 0 saturated carbocycles. The van der Waals surface area contributed by atoms with Crippen LogP contribution in [0.15, 0.2) is 28.8 Å². The van der Waals surface area contributed by atoms with Gasteiger partial charge in [0.15, 0.2) is 0 Å². The second kappa shape index (κ2) is 4.23. The standard InChI is InChI=1S/C11H13N3O/c1-2-8-4-3-5-9(6-8)11-13-10(7-12)15-14-11/h3-6H,2,7,12H2,1H3. The summed E-state index contributed by atoms with van der Waals surface area (Å²) < 4.78 is 4.96. The molecule has 0 unspecified atom stereocenters. The summed E-state index contributed by atoms with van der Waals surface area (Å²) in [5.41, 5.74) is 7.63.